The van der Waals surface area contributed by atoms with E-state index in [1.54, 1.807) is 24.3 Å². The molecule has 2 amide bonds. The van der Waals surface area contributed by atoms with E-state index in [0.717, 1.165) is 15.3 Å². The SMILES string of the molecule is NC(=O)C(Cc1ccccc1)NC(=O)/C=C/c1ccc(-c2ccccc2F)s1. The molecular weight excluding hydrogens is 375 g/mol. The number of nitrogens with two attached hydrogens (primary N) is 1. The second-order valence-corrected chi connectivity index (χ2v) is 7.28. The number of hydrogen-bond acceptors (Lipinski definition) is 3. The van der Waals surface area contributed by atoms with Gasteiger partial charge in [-0.2, -0.15) is 0 Å². The van der Waals surface area contributed by atoms with Crippen molar-refractivity contribution >= 4 is 29.2 Å². The highest BCUT2D eigenvalue weighted by molar-refractivity contribution is 7.16. The minimum Gasteiger partial charge on any atom is -0.368 e. The maximum absolute atomic E-state index is 13.9. The molecule has 4 nitrogen and oxygen atoms in total. The molecule has 0 aliphatic carbocycles. The van der Waals surface area contributed by atoms with Gasteiger partial charge in [0, 0.05) is 27.8 Å². The van der Waals surface area contributed by atoms with Crippen molar-refractivity contribution in [3.63, 3.8) is 0 Å². The number of benzene rings is 2. The summed E-state index contributed by atoms with van der Waals surface area (Å²) in [6.45, 7) is 0. The van der Waals surface area contributed by atoms with E-state index >= 15 is 0 Å². The Bertz CT molecular complexity index is 999. The highest BCUT2D eigenvalue weighted by Crippen LogP contribution is 2.30. The second kappa shape index (κ2) is 9.10. The summed E-state index contributed by atoms with van der Waals surface area (Å²) >= 11 is 1.37. The van der Waals surface area contributed by atoms with Gasteiger partial charge in [0.1, 0.15) is 11.9 Å². The summed E-state index contributed by atoms with van der Waals surface area (Å²) < 4.78 is 13.9. The summed E-state index contributed by atoms with van der Waals surface area (Å²) in [5.41, 5.74) is 6.84. The zero-order valence-electron chi connectivity index (χ0n) is 15.0. The molecule has 142 valence electrons. The van der Waals surface area contributed by atoms with Crippen LogP contribution in [0.3, 0.4) is 0 Å². The monoisotopic (exact) mass is 394 g/mol. The molecule has 0 aliphatic heterocycles. The number of halogens is 1. The van der Waals surface area contributed by atoms with Crippen LogP contribution in [-0.4, -0.2) is 17.9 Å². The van der Waals surface area contributed by atoms with Gasteiger partial charge in [-0.25, -0.2) is 4.39 Å². The lowest BCUT2D eigenvalue weighted by Gasteiger charge is -2.14. The van der Waals surface area contributed by atoms with Crippen LogP contribution in [0.15, 0.2) is 72.8 Å². The smallest absolute Gasteiger partial charge is 0.244 e. The van der Waals surface area contributed by atoms with E-state index in [-0.39, 0.29) is 5.82 Å². The van der Waals surface area contributed by atoms with Crippen LogP contribution in [0.25, 0.3) is 16.5 Å². The van der Waals surface area contributed by atoms with Gasteiger partial charge in [0.05, 0.1) is 0 Å². The predicted octanol–water partition coefficient (Wildman–Crippen LogP) is 3.78. The van der Waals surface area contributed by atoms with Gasteiger partial charge < -0.3 is 11.1 Å². The molecule has 28 heavy (non-hydrogen) atoms. The second-order valence-electron chi connectivity index (χ2n) is 6.17. The Hall–Kier alpha value is -3.25. The zero-order valence-corrected chi connectivity index (χ0v) is 15.8. The first-order valence-corrected chi connectivity index (χ1v) is 9.51. The van der Waals surface area contributed by atoms with Crippen molar-refractivity contribution in [2.75, 3.05) is 0 Å². The van der Waals surface area contributed by atoms with E-state index < -0.39 is 17.9 Å². The van der Waals surface area contributed by atoms with Crippen molar-refractivity contribution in [3.8, 4) is 10.4 Å². The van der Waals surface area contributed by atoms with Gasteiger partial charge in [-0.1, -0.05) is 48.5 Å². The number of primary amides is 1. The normalized spacial score (nSPS) is 12.0. The molecule has 3 aromatic rings. The molecular formula is C22H19FN2O2S. The molecule has 2 aromatic carbocycles. The number of nitrogens with one attached hydrogen (secondary N) is 1. The Labute approximate surface area is 166 Å². The Morgan fingerprint density at radius 1 is 1.04 bits per heavy atom. The fourth-order valence-corrected chi connectivity index (χ4v) is 3.64. The third-order valence-electron chi connectivity index (χ3n) is 4.11. The summed E-state index contributed by atoms with van der Waals surface area (Å²) in [4.78, 5) is 25.4. The summed E-state index contributed by atoms with van der Waals surface area (Å²) in [7, 11) is 0. The van der Waals surface area contributed by atoms with Crippen LogP contribution in [0.5, 0.6) is 0 Å². The molecule has 0 bridgehead atoms. The Balaban J connectivity index is 1.64. The third-order valence-corrected chi connectivity index (χ3v) is 5.19. The van der Waals surface area contributed by atoms with Gasteiger partial charge in [-0.3, -0.25) is 9.59 Å². The van der Waals surface area contributed by atoms with Crippen LogP contribution in [-0.2, 0) is 16.0 Å². The van der Waals surface area contributed by atoms with Crippen molar-refractivity contribution in [3.05, 3.63) is 89.1 Å². The van der Waals surface area contributed by atoms with Gasteiger partial charge >= 0.3 is 0 Å². The summed E-state index contributed by atoms with van der Waals surface area (Å²) in [5, 5.41) is 2.63. The zero-order chi connectivity index (χ0) is 19.9. The number of hydrogen-bond donors (Lipinski definition) is 2. The third kappa shape index (κ3) is 5.14. The number of amides is 2. The first-order chi connectivity index (χ1) is 13.5. The fraction of sp³-hybridized carbons (Fsp3) is 0.0909. The molecule has 6 heteroatoms. The maximum atomic E-state index is 13.9. The van der Waals surface area contributed by atoms with E-state index in [9.17, 15) is 14.0 Å². The topological polar surface area (TPSA) is 72.2 Å². The summed E-state index contributed by atoms with van der Waals surface area (Å²) in [6, 6.07) is 18.7. The molecule has 0 saturated heterocycles. The standard InChI is InChI=1S/C22H19FN2O2S/c23-18-9-5-4-8-17(18)20-12-10-16(28-20)11-13-21(26)25-19(22(24)27)14-15-6-2-1-3-7-15/h1-13,19H,14H2,(H2,24,27)(H,25,26)/b13-11+. The lowest BCUT2D eigenvalue weighted by Crippen LogP contribution is -2.45. The molecule has 1 unspecified atom stereocenters. The van der Waals surface area contributed by atoms with Crippen LogP contribution in [0.2, 0.25) is 0 Å². The first kappa shape index (κ1) is 19.5. The molecule has 0 fully saturated rings. The van der Waals surface area contributed by atoms with Gasteiger partial charge in [0.15, 0.2) is 0 Å². The van der Waals surface area contributed by atoms with Crippen molar-refractivity contribution in [2.24, 2.45) is 5.73 Å². The number of carbonyl (C=O) groups is 2. The average molecular weight is 394 g/mol. The quantitative estimate of drug-likeness (QED) is 0.599. The number of rotatable bonds is 7. The van der Waals surface area contributed by atoms with E-state index in [2.05, 4.69) is 5.32 Å². The van der Waals surface area contributed by atoms with Gasteiger partial charge in [-0.15, -0.1) is 11.3 Å². The Kier molecular flexibility index (Phi) is 6.34. The Morgan fingerprint density at radius 2 is 1.75 bits per heavy atom. The minimum atomic E-state index is -0.795. The van der Waals surface area contributed by atoms with Crippen molar-refractivity contribution in [1.82, 2.24) is 5.32 Å². The molecule has 0 radical (unpaired) electrons. The summed E-state index contributed by atoms with van der Waals surface area (Å²) in [6.07, 6.45) is 3.30. The minimum absolute atomic E-state index is 0.289. The summed E-state index contributed by atoms with van der Waals surface area (Å²) in [5.74, 6) is -1.30. The van der Waals surface area contributed by atoms with Crippen LogP contribution in [0.4, 0.5) is 4.39 Å². The van der Waals surface area contributed by atoms with Crippen LogP contribution in [0, 0.1) is 5.82 Å². The highest BCUT2D eigenvalue weighted by Gasteiger charge is 2.17. The van der Waals surface area contributed by atoms with Crippen molar-refractivity contribution in [2.45, 2.75) is 12.5 Å². The fourth-order valence-electron chi connectivity index (χ4n) is 2.70. The maximum Gasteiger partial charge on any atom is 0.244 e. The molecule has 1 atom stereocenters. The van der Waals surface area contributed by atoms with E-state index in [4.69, 9.17) is 5.73 Å². The van der Waals surface area contributed by atoms with Crippen LogP contribution in [0.1, 0.15) is 10.4 Å². The van der Waals surface area contributed by atoms with E-state index in [1.807, 2.05) is 42.5 Å². The number of carbonyl (C=O) groups excluding carboxylic acids is 2. The Morgan fingerprint density at radius 3 is 2.46 bits per heavy atom. The lowest BCUT2D eigenvalue weighted by molar-refractivity contribution is -0.124. The van der Waals surface area contributed by atoms with Crippen LogP contribution < -0.4 is 11.1 Å². The highest BCUT2D eigenvalue weighted by atomic mass is 32.1. The molecule has 1 heterocycles. The van der Waals surface area contributed by atoms with Crippen molar-refractivity contribution < 1.29 is 14.0 Å². The van der Waals surface area contributed by atoms with Crippen molar-refractivity contribution in [1.29, 1.82) is 0 Å². The molecule has 3 rings (SSSR count). The molecule has 0 saturated carbocycles. The van der Waals surface area contributed by atoms with Gasteiger partial charge in [0.2, 0.25) is 11.8 Å². The number of thiophene rings is 1. The molecule has 0 spiro atoms. The van der Waals surface area contributed by atoms with Gasteiger partial charge in [-0.05, 0) is 29.8 Å². The largest absolute Gasteiger partial charge is 0.368 e. The molecule has 3 N–H and O–H groups in total. The average Bonchev–Trinajstić information content (AvgIpc) is 3.16. The van der Waals surface area contributed by atoms with Crippen LogP contribution >= 0.6 is 11.3 Å². The van der Waals surface area contributed by atoms with Gasteiger partial charge in [0.25, 0.3) is 0 Å². The van der Waals surface area contributed by atoms with E-state index in [0.29, 0.717) is 12.0 Å². The molecule has 1 aromatic heterocycles. The van der Waals surface area contributed by atoms with E-state index in [1.165, 1.54) is 23.5 Å². The lowest BCUT2D eigenvalue weighted by atomic mass is 10.1. The predicted molar refractivity (Wildman–Crippen MR) is 110 cm³/mol. The first-order valence-electron chi connectivity index (χ1n) is 8.69. The molecule has 0 aliphatic rings.